The van der Waals surface area contributed by atoms with E-state index in [1.54, 1.807) is 41.5 Å². The Bertz CT molecular complexity index is 60.0. The first kappa shape index (κ1) is 23.8. The van der Waals surface area contributed by atoms with Gasteiger partial charge in [-0.05, 0) is 0 Å². The van der Waals surface area contributed by atoms with Crippen molar-refractivity contribution in [3.63, 3.8) is 0 Å². The fourth-order valence-corrected chi connectivity index (χ4v) is 0. The van der Waals surface area contributed by atoms with E-state index in [0.717, 1.165) is 0 Å². The Kier molecular flexibility index (Phi) is 19.5. The minimum Gasteiger partial charge on any atom is -0.850 e. The Hall–Kier alpha value is 2.29. The second-order valence-corrected chi connectivity index (χ2v) is 4.22. The summed E-state index contributed by atoms with van der Waals surface area (Å²) in [5.41, 5.74) is -1.50. The van der Waals surface area contributed by atoms with Crippen molar-refractivity contribution in [1.29, 1.82) is 0 Å². The number of halogens is 1. The molecule has 0 aromatic heterocycles. The van der Waals surface area contributed by atoms with Gasteiger partial charge < -0.3 is 10.2 Å². The van der Waals surface area contributed by atoms with Crippen molar-refractivity contribution in [2.75, 3.05) is 0 Å². The van der Waals surface area contributed by atoms with Gasteiger partial charge >= 0.3 is 51.4 Å². The average molecular weight is 314 g/mol. The van der Waals surface area contributed by atoms with Gasteiger partial charge in [0.25, 0.3) is 0 Å². The molecule has 0 saturated carbocycles. The number of hydrogen-bond acceptors (Lipinski definition) is 2. The van der Waals surface area contributed by atoms with Crippen molar-refractivity contribution in [3.05, 3.63) is 0 Å². The molecule has 0 saturated heterocycles. The molecule has 0 N–H and O–H groups in total. The van der Waals surface area contributed by atoms with E-state index in [0.29, 0.717) is 0 Å². The van der Waals surface area contributed by atoms with E-state index in [1.165, 1.54) is 0 Å². The number of rotatable bonds is 0. The van der Waals surface area contributed by atoms with E-state index >= 15 is 0 Å². The molecule has 0 fully saturated rings. The van der Waals surface area contributed by atoms with Crippen LogP contribution in [-0.4, -0.2) is 11.2 Å². The Morgan fingerprint density at radius 1 is 0.667 bits per heavy atom. The van der Waals surface area contributed by atoms with Gasteiger partial charge in [-0.2, -0.15) is 0 Å². The first-order chi connectivity index (χ1) is 4.00. The second kappa shape index (κ2) is 9.83. The smallest absolute Gasteiger partial charge is 0.850 e. The van der Waals surface area contributed by atoms with Gasteiger partial charge in [0, 0.05) is 0 Å². The predicted octanol–water partition coefficient (Wildman–Crippen LogP) is -6.24. The molecule has 12 heavy (non-hydrogen) atoms. The molecule has 2 nitrogen and oxygen atoms in total. The molecule has 0 amide bonds. The SMILES string of the molecule is CC(C)(C)[O-].CC(C)(C)[O-].[IH2+].[K+]. The summed E-state index contributed by atoms with van der Waals surface area (Å²) in [5, 5.41) is 20.2. The molecule has 0 aromatic carbocycles. The third kappa shape index (κ3) is 299. The van der Waals surface area contributed by atoms with Crippen LogP contribution in [0.2, 0.25) is 0 Å². The maximum Gasteiger partial charge on any atom is 1.00 e. The van der Waals surface area contributed by atoms with Crippen molar-refractivity contribution in [1.82, 2.24) is 0 Å². The van der Waals surface area contributed by atoms with Crippen molar-refractivity contribution >= 4 is 0 Å². The van der Waals surface area contributed by atoms with E-state index in [1.807, 2.05) is 0 Å². The molecule has 4 heteroatoms. The maximum absolute atomic E-state index is 10.1. The molecule has 0 aromatic rings. The van der Waals surface area contributed by atoms with Crippen LogP contribution in [-0.2, 0) is 0 Å². The van der Waals surface area contributed by atoms with Gasteiger partial charge in [0.1, 0.15) is 0 Å². The molecule has 0 aliphatic heterocycles. The van der Waals surface area contributed by atoms with Gasteiger partial charge in [-0.15, -0.1) is 11.2 Å². The monoisotopic (exact) mass is 314 g/mol. The van der Waals surface area contributed by atoms with Gasteiger partial charge in [-0.1, -0.05) is 41.5 Å². The summed E-state index contributed by atoms with van der Waals surface area (Å²) in [7, 11) is 0. The van der Waals surface area contributed by atoms with Gasteiger partial charge in [-0.3, -0.25) is 0 Å². The van der Waals surface area contributed by atoms with E-state index < -0.39 is 11.2 Å². The molecule has 0 spiro atoms. The number of hydrogen-bond donors (Lipinski definition) is 0. The van der Waals surface area contributed by atoms with Crippen LogP contribution in [0.5, 0.6) is 0 Å². The topological polar surface area (TPSA) is 46.1 Å². The summed E-state index contributed by atoms with van der Waals surface area (Å²) in [6, 6.07) is 0. The summed E-state index contributed by atoms with van der Waals surface area (Å²) in [5.74, 6) is 0. The fraction of sp³-hybridized carbons (Fsp3) is 1.00. The van der Waals surface area contributed by atoms with Crippen LogP contribution >= 0.6 is 0 Å². The first-order valence-corrected chi connectivity index (χ1v) is 3.41. The van der Waals surface area contributed by atoms with Crippen LogP contribution in [0, 0.1) is 0 Å². The summed E-state index contributed by atoms with van der Waals surface area (Å²) >= 11 is 0. The summed E-state index contributed by atoms with van der Waals surface area (Å²) in [6.07, 6.45) is 0. The van der Waals surface area contributed by atoms with Gasteiger partial charge in [0.15, 0.2) is 0 Å². The molecule has 0 unspecified atom stereocenters. The Balaban J connectivity index is -0.0000000457. The zero-order valence-corrected chi connectivity index (χ0v) is 14.9. The van der Waals surface area contributed by atoms with Crippen LogP contribution in [0.25, 0.3) is 0 Å². The van der Waals surface area contributed by atoms with Crippen molar-refractivity contribution in [2.24, 2.45) is 0 Å². The van der Waals surface area contributed by atoms with Crippen LogP contribution in [0.1, 0.15) is 41.5 Å². The van der Waals surface area contributed by atoms with Crippen molar-refractivity contribution < 1.29 is 85.6 Å². The molecule has 0 rings (SSSR count). The van der Waals surface area contributed by atoms with Crippen LogP contribution in [0.4, 0.5) is 0 Å². The van der Waals surface area contributed by atoms with Gasteiger partial charge in [0.05, 0.1) is 0 Å². The average Bonchev–Trinajstić information content (AvgIpc) is 1.12. The van der Waals surface area contributed by atoms with Crippen LogP contribution in [0.15, 0.2) is 0 Å². The second-order valence-electron chi connectivity index (χ2n) is 4.22. The van der Waals surface area contributed by atoms with Crippen molar-refractivity contribution in [3.8, 4) is 0 Å². The Morgan fingerprint density at radius 2 is 0.667 bits per heavy atom. The fourth-order valence-electron chi connectivity index (χ4n) is 0. The van der Waals surface area contributed by atoms with Crippen LogP contribution < -0.4 is 85.6 Å². The standard InChI is InChI=1S/2C4H9O.H2I.K/c2*1-4(2,3)5;;/h2*1-3H3;1H2;/q2*-1;2*+1. The largest absolute Gasteiger partial charge is 1.00 e. The zero-order valence-electron chi connectivity index (χ0n) is 9.26. The maximum atomic E-state index is 10.1. The molecule has 72 valence electrons. The van der Waals surface area contributed by atoms with E-state index in [-0.39, 0.29) is 75.4 Å². The normalized spacial score (nSPS) is 10.0. The molecule has 0 aliphatic carbocycles. The predicted molar refractivity (Wildman–Crippen MR) is 42.3 cm³/mol. The summed E-state index contributed by atoms with van der Waals surface area (Å²) in [4.78, 5) is 0. The first-order valence-electron chi connectivity index (χ1n) is 3.41. The minimum atomic E-state index is -0.750. The van der Waals surface area contributed by atoms with E-state index in [2.05, 4.69) is 0 Å². The Labute approximate surface area is 136 Å². The van der Waals surface area contributed by atoms with E-state index in [4.69, 9.17) is 0 Å². The molecule has 0 atom stereocenters. The van der Waals surface area contributed by atoms with Crippen LogP contribution in [0.3, 0.4) is 0 Å². The molecule has 0 aliphatic rings. The molecular formula is C8H20IKO2. The Morgan fingerprint density at radius 3 is 0.667 bits per heavy atom. The third-order valence-corrected chi connectivity index (χ3v) is 0. The third-order valence-electron chi connectivity index (χ3n) is 0. The zero-order chi connectivity index (χ0) is 9.00. The molecule has 0 radical (unpaired) electrons. The van der Waals surface area contributed by atoms with E-state index in [9.17, 15) is 10.2 Å². The molecule has 0 heterocycles. The molecular weight excluding hydrogens is 294 g/mol. The van der Waals surface area contributed by atoms with Gasteiger partial charge in [0.2, 0.25) is 24.0 Å². The van der Waals surface area contributed by atoms with Gasteiger partial charge in [-0.25, -0.2) is 0 Å². The van der Waals surface area contributed by atoms with Crippen molar-refractivity contribution in [2.45, 2.75) is 52.7 Å². The summed E-state index contributed by atoms with van der Waals surface area (Å²) < 4.78 is 0. The molecule has 0 bridgehead atoms. The quantitative estimate of drug-likeness (QED) is 0.330. The minimum absolute atomic E-state index is 0. The summed E-state index contributed by atoms with van der Waals surface area (Å²) in [6.45, 7) is 9.79.